The van der Waals surface area contributed by atoms with Gasteiger partial charge in [0, 0.05) is 5.56 Å². The highest BCUT2D eigenvalue weighted by Crippen LogP contribution is 2.32. The summed E-state index contributed by atoms with van der Waals surface area (Å²) in [5.41, 5.74) is 9.64. The minimum absolute atomic E-state index is 0.281. The first-order chi connectivity index (χ1) is 9.22. The Bertz CT molecular complexity index is 689. The van der Waals surface area contributed by atoms with E-state index in [0.717, 1.165) is 16.7 Å². The molecule has 0 aliphatic rings. The smallest absolute Gasteiger partial charge is 0.102 e. The molecule has 0 fully saturated rings. The summed E-state index contributed by atoms with van der Waals surface area (Å²) in [6.07, 6.45) is 0.707. The second kappa shape index (κ2) is 5.25. The molecule has 0 atom stereocenters. The van der Waals surface area contributed by atoms with Crippen molar-refractivity contribution in [1.29, 1.82) is 10.5 Å². The Morgan fingerprint density at radius 1 is 1.05 bits per heavy atom. The van der Waals surface area contributed by atoms with Crippen molar-refractivity contribution >= 4 is 5.69 Å². The summed E-state index contributed by atoms with van der Waals surface area (Å²) < 4.78 is 0. The molecule has 0 aromatic heterocycles. The maximum atomic E-state index is 9.30. The van der Waals surface area contributed by atoms with Crippen LogP contribution in [0.3, 0.4) is 0 Å². The van der Waals surface area contributed by atoms with Crippen LogP contribution in [-0.4, -0.2) is 0 Å². The topological polar surface area (TPSA) is 73.6 Å². The van der Waals surface area contributed by atoms with Crippen LogP contribution in [0.4, 0.5) is 5.69 Å². The van der Waals surface area contributed by atoms with E-state index in [2.05, 4.69) is 12.1 Å². The SMILES string of the molecule is CCc1cc(-c2ccccc2)c(C#N)c(N)c1C#N. The fourth-order valence-electron chi connectivity index (χ4n) is 2.14. The lowest BCUT2D eigenvalue weighted by atomic mass is 9.92. The van der Waals surface area contributed by atoms with Crippen LogP contribution >= 0.6 is 0 Å². The Morgan fingerprint density at radius 3 is 2.21 bits per heavy atom. The summed E-state index contributed by atoms with van der Waals surface area (Å²) in [5, 5.41) is 18.5. The van der Waals surface area contributed by atoms with E-state index in [-0.39, 0.29) is 5.69 Å². The van der Waals surface area contributed by atoms with Crippen molar-refractivity contribution in [2.45, 2.75) is 13.3 Å². The molecule has 0 spiro atoms. The molecule has 2 rings (SSSR count). The molecule has 92 valence electrons. The van der Waals surface area contributed by atoms with Crippen LogP contribution in [-0.2, 0) is 6.42 Å². The van der Waals surface area contributed by atoms with E-state index in [9.17, 15) is 10.5 Å². The number of nitrogen functional groups attached to an aromatic ring is 1. The summed E-state index contributed by atoms with van der Waals surface area (Å²) >= 11 is 0. The summed E-state index contributed by atoms with van der Waals surface area (Å²) in [7, 11) is 0. The van der Waals surface area contributed by atoms with Crippen LogP contribution in [0, 0.1) is 22.7 Å². The van der Waals surface area contributed by atoms with Crippen LogP contribution in [0.25, 0.3) is 11.1 Å². The van der Waals surface area contributed by atoms with E-state index in [0.29, 0.717) is 17.5 Å². The van der Waals surface area contributed by atoms with Crippen molar-refractivity contribution < 1.29 is 0 Å². The van der Waals surface area contributed by atoms with Crippen molar-refractivity contribution in [2.75, 3.05) is 5.73 Å². The lowest BCUT2D eigenvalue weighted by Crippen LogP contribution is -2.02. The second-order valence-corrected chi connectivity index (χ2v) is 4.19. The quantitative estimate of drug-likeness (QED) is 0.828. The van der Waals surface area contributed by atoms with Crippen LogP contribution < -0.4 is 5.73 Å². The Morgan fingerprint density at radius 2 is 1.68 bits per heavy atom. The van der Waals surface area contributed by atoms with E-state index in [1.165, 1.54) is 0 Å². The van der Waals surface area contributed by atoms with Gasteiger partial charge in [-0.15, -0.1) is 0 Å². The predicted molar refractivity (Wildman–Crippen MR) is 75.1 cm³/mol. The minimum atomic E-state index is 0.281. The molecule has 0 bridgehead atoms. The Hall–Kier alpha value is -2.78. The van der Waals surface area contributed by atoms with Gasteiger partial charge in [0.2, 0.25) is 0 Å². The number of rotatable bonds is 2. The molecular weight excluding hydrogens is 234 g/mol. The highest BCUT2D eigenvalue weighted by molar-refractivity contribution is 5.81. The molecule has 0 radical (unpaired) electrons. The Kier molecular flexibility index (Phi) is 3.50. The molecule has 3 heteroatoms. The maximum Gasteiger partial charge on any atom is 0.102 e. The van der Waals surface area contributed by atoms with Gasteiger partial charge in [0.05, 0.1) is 16.8 Å². The van der Waals surface area contributed by atoms with Gasteiger partial charge in [-0.1, -0.05) is 37.3 Å². The number of nitrogens with zero attached hydrogens (tertiary/aromatic N) is 2. The molecule has 0 unspecified atom stereocenters. The van der Waals surface area contributed by atoms with E-state index in [4.69, 9.17) is 5.73 Å². The van der Waals surface area contributed by atoms with Gasteiger partial charge in [-0.2, -0.15) is 10.5 Å². The molecule has 2 N–H and O–H groups in total. The van der Waals surface area contributed by atoms with Gasteiger partial charge in [0.1, 0.15) is 12.1 Å². The summed E-state index contributed by atoms with van der Waals surface area (Å²) in [6, 6.07) is 15.7. The first-order valence-electron chi connectivity index (χ1n) is 6.03. The molecule has 2 aromatic rings. The van der Waals surface area contributed by atoms with Crippen molar-refractivity contribution in [3.63, 3.8) is 0 Å². The lowest BCUT2D eigenvalue weighted by Gasteiger charge is -2.12. The first-order valence-corrected chi connectivity index (χ1v) is 6.03. The first kappa shape index (κ1) is 12.7. The van der Waals surface area contributed by atoms with Gasteiger partial charge in [-0.25, -0.2) is 0 Å². The van der Waals surface area contributed by atoms with Crippen molar-refractivity contribution in [3.8, 4) is 23.3 Å². The number of aryl methyl sites for hydroxylation is 1. The molecule has 19 heavy (non-hydrogen) atoms. The van der Waals surface area contributed by atoms with Crippen molar-refractivity contribution in [3.05, 3.63) is 53.1 Å². The van der Waals surface area contributed by atoms with Gasteiger partial charge in [-0.3, -0.25) is 0 Å². The average molecular weight is 247 g/mol. The zero-order valence-electron chi connectivity index (χ0n) is 10.6. The number of nitrogens with two attached hydrogens (primary N) is 1. The van der Waals surface area contributed by atoms with Crippen molar-refractivity contribution in [1.82, 2.24) is 0 Å². The molecule has 2 aromatic carbocycles. The largest absolute Gasteiger partial charge is 0.397 e. The highest BCUT2D eigenvalue weighted by Gasteiger charge is 2.15. The minimum Gasteiger partial charge on any atom is -0.397 e. The van der Waals surface area contributed by atoms with Crippen molar-refractivity contribution in [2.24, 2.45) is 0 Å². The normalized spacial score (nSPS) is 9.63. The lowest BCUT2D eigenvalue weighted by molar-refractivity contribution is 1.13. The number of benzene rings is 2. The summed E-state index contributed by atoms with van der Waals surface area (Å²) in [5.74, 6) is 0. The molecule has 0 aliphatic heterocycles. The zero-order chi connectivity index (χ0) is 13.8. The third-order valence-corrected chi connectivity index (χ3v) is 3.14. The van der Waals surface area contributed by atoms with E-state index in [1.807, 2.05) is 43.3 Å². The summed E-state index contributed by atoms with van der Waals surface area (Å²) in [4.78, 5) is 0. The number of anilines is 1. The molecule has 0 heterocycles. The van der Waals surface area contributed by atoms with Crippen LogP contribution in [0.2, 0.25) is 0 Å². The molecule has 0 saturated heterocycles. The van der Waals surface area contributed by atoms with E-state index < -0.39 is 0 Å². The average Bonchev–Trinajstić information content (AvgIpc) is 2.47. The highest BCUT2D eigenvalue weighted by atomic mass is 14.6. The Labute approximate surface area is 112 Å². The fraction of sp³-hybridized carbons (Fsp3) is 0.125. The zero-order valence-corrected chi connectivity index (χ0v) is 10.6. The second-order valence-electron chi connectivity index (χ2n) is 4.19. The predicted octanol–water partition coefficient (Wildman–Crippen LogP) is 3.24. The number of nitriles is 2. The monoisotopic (exact) mass is 247 g/mol. The standard InChI is InChI=1S/C16H13N3/c1-2-11-8-13(12-6-4-3-5-7-12)15(10-18)16(19)14(11)9-17/h3-8H,2,19H2,1H3. The van der Waals surface area contributed by atoms with Crippen LogP contribution in [0.5, 0.6) is 0 Å². The number of hydrogen-bond acceptors (Lipinski definition) is 3. The summed E-state index contributed by atoms with van der Waals surface area (Å²) in [6.45, 7) is 1.97. The third kappa shape index (κ3) is 2.14. The van der Waals surface area contributed by atoms with E-state index >= 15 is 0 Å². The van der Waals surface area contributed by atoms with Gasteiger partial charge >= 0.3 is 0 Å². The third-order valence-electron chi connectivity index (χ3n) is 3.14. The maximum absolute atomic E-state index is 9.30. The van der Waals surface area contributed by atoms with Gasteiger partial charge in [0.25, 0.3) is 0 Å². The molecular formula is C16H13N3. The molecule has 3 nitrogen and oxygen atoms in total. The molecule has 0 saturated carbocycles. The Balaban J connectivity index is 2.80. The fourth-order valence-corrected chi connectivity index (χ4v) is 2.14. The molecule has 0 amide bonds. The number of hydrogen-bond donors (Lipinski definition) is 1. The van der Waals surface area contributed by atoms with Gasteiger partial charge < -0.3 is 5.73 Å². The van der Waals surface area contributed by atoms with Gasteiger partial charge in [-0.05, 0) is 23.6 Å². The van der Waals surface area contributed by atoms with Crippen LogP contribution in [0.15, 0.2) is 36.4 Å². The van der Waals surface area contributed by atoms with Gasteiger partial charge in [0.15, 0.2) is 0 Å². The molecule has 0 aliphatic carbocycles. The van der Waals surface area contributed by atoms with E-state index in [1.54, 1.807) is 0 Å². The van der Waals surface area contributed by atoms with Crippen LogP contribution in [0.1, 0.15) is 23.6 Å².